The molecule has 0 radical (unpaired) electrons. The fourth-order valence-corrected chi connectivity index (χ4v) is 6.97. The molecule has 1 aromatic carbocycles. The van der Waals surface area contributed by atoms with Crippen LogP contribution in [0.25, 0.3) is 0 Å². The summed E-state index contributed by atoms with van der Waals surface area (Å²) in [6.45, 7) is 5.90. The van der Waals surface area contributed by atoms with E-state index < -0.39 is 31.8 Å². The van der Waals surface area contributed by atoms with E-state index in [0.717, 1.165) is 5.01 Å². The number of benzene rings is 1. The summed E-state index contributed by atoms with van der Waals surface area (Å²) in [5.41, 5.74) is 1.10. The molecule has 176 valence electrons. The van der Waals surface area contributed by atoms with Gasteiger partial charge in [0.15, 0.2) is 9.84 Å². The van der Waals surface area contributed by atoms with Gasteiger partial charge in [-0.15, -0.1) is 0 Å². The Morgan fingerprint density at radius 1 is 1.25 bits per heavy atom. The molecular weight excluding hydrogens is 456 g/mol. The molecule has 0 bridgehead atoms. The number of nitrogens with one attached hydrogen (secondary N) is 1. The highest BCUT2D eigenvalue weighted by molar-refractivity contribution is 7.91. The quantitative estimate of drug-likeness (QED) is 0.617. The Labute approximate surface area is 188 Å². The van der Waals surface area contributed by atoms with Gasteiger partial charge in [-0.25, -0.2) is 21.8 Å². The van der Waals surface area contributed by atoms with Crippen LogP contribution in [0.3, 0.4) is 0 Å². The van der Waals surface area contributed by atoms with Crippen molar-refractivity contribution in [3.63, 3.8) is 0 Å². The summed E-state index contributed by atoms with van der Waals surface area (Å²) >= 11 is 0. The number of rotatable bonds is 7. The molecule has 0 aromatic heterocycles. The molecule has 0 aliphatic carbocycles. The second-order valence-electron chi connectivity index (χ2n) is 7.86. The van der Waals surface area contributed by atoms with E-state index in [1.54, 1.807) is 26.8 Å². The zero-order chi connectivity index (χ0) is 23.7. The lowest BCUT2D eigenvalue weighted by molar-refractivity contribution is -0.133. The zero-order valence-electron chi connectivity index (χ0n) is 18.4. The molecule has 2 aliphatic rings. The summed E-state index contributed by atoms with van der Waals surface area (Å²) in [6, 6.07) is 3.96. The molecule has 0 spiro atoms. The molecule has 10 nitrogen and oxygen atoms in total. The molecule has 2 amide bonds. The van der Waals surface area contributed by atoms with Gasteiger partial charge in [-0.3, -0.25) is 9.59 Å². The highest BCUT2D eigenvalue weighted by atomic mass is 32.2. The number of hydrogen-bond donors (Lipinski definition) is 1. The van der Waals surface area contributed by atoms with Crippen LogP contribution in [0.4, 0.5) is 5.69 Å². The molecule has 12 heteroatoms. The second-order valence-corrected chi connectivity index (χ2v) is 12.0. The first-order chi connectivity index (χ1) is 15.0. The minimum absolute atomic E-state index is 0.00844. The molecule has 1 aromatic rings. The maximum atomic E-state index is 12.9. The van der Waals surface area contributed by atoms with Gasteiger partial charge >= 0.3 is 0 Å². The Morgan fingerprint density at radius 2 is 1.94 bits per heavy atom. The molecule has 1 saturated heterocycles. The van der Waals surface area contributed by atoms with E-state index in [-0.39, 0.29) is 47.3 Å². The van der Waals surface area contributed by atoms with Crippen LogP contribution in [0.15, 0.2) is 28.2 Å². The van der Waals surface area contributed by atoms with Crippen molar-refractivity contribution in [1.82, 2.24) is 9.31 Å². The van der Waals surface area contributed by atoms with Crippen molar-refractivity contribution >= 4 is 43.1 Å². The number of sulfone groups is 1. The predicted molar refractivity (Wildman–Crippen MR) is 120 cm³/mol. The molecule has 2 aliphatic heterocycles. The zero-order valence-corrected chi connectivity index (χ0v) is 20.0. The van der Waals surface area contributed by atoms with Gasteiger partial charge in [-0.2, -0.15) is 9.41 Å². The largest absolute Gasteiger partial charge is 0.321 e. The number of sulfonamides is 1. The van der Waals surface area contributed by atoms with Crippen molar-refractivity contribution < 1.29 is 26.4 Å². The lowest BCUT2D eigenvalue weighted by Crippen LogP contribution is -2.42. The number of amides is 2. The molecule has 0 saturated carbocycles. The summed E-state index contributed by atoms with van der Waals surface area (Å²) in [4.78, 5) is 25.2. The number of hydrogen-bond acceptors (Lipinski definition) is 7. The number of hydrazone groups is 1. The Kier molecular flexibility index (Phi) is 7.06. The summed E-state index contributed by atoms with van der Waals surface area (Å²) in [6.07, 6.45) is 0.464. The lowest BCUT2D eigenvalue weighted by Gasteiger charge is -2.27. The molecule has 2 heterocycles. The fourth-order valence-electron chi connectivity index (χ4n) is 3.79. The van der Waals surface area contributed by atoms with Gasteiger partial charge in [0.2, 0.25) is 15.9 Å². The standard InChI is InChI=1S/C20H28N4O6S2/c1-4-23(5-2)32(29,30)16-7-6-14(3)18(12-16)21-20(26)17-8-9-19(25)24(22-17)15-10-11-31(27,28)13-15/h6-7,12,15H,4-5,8-11,13H2,1-3H3,(H,21,26)/t15-/m1/s1. The number of carbonyl (C=O) groups is 2. The highest BCUT2D eigenvalue weighted by Gasteiger charge is 2.37. The van der Waals surface area contributed by atoms with Gasteiger partial charge in [0, 0.05) is 31.6 Å². The van der Waals surface area contributed by atoms with Crippen LogP contribution in [0.5, 0.6) is 0 Å². The van der Waals surface area contributed by atoms with Crippen LogP contribution in [-0.4, -0.2) is 74.3 Å². The maximum Gasteiger partial charge on any atom is 0.271 e. The predicted octanol–water partition coefficient (Wildman–Crippen LogP) is 1.13. The summed E-state index contributed by atoms with van der Waals surface area (Å²) < 4.78 is 50.5. The van der Waals surface area contributed by atoms with Gasteiger partial charge in [-0.1, -0.05) is 19.9 Å². The average Bonchev–Trinajstić information content (AvgIpc) is 3.10. The van der Waals surface area contributed by atoms with Crippen LogP contribution < -0.4 is 5.32 Å². The number of anilines is 1. The minimum Gasteiger partial charge on any atom is -0.321 e. The van der Waals surface area contributed by atoms with E-state index in [2.05, 4.69) is 10.4 Å². The van der Waals surface area contributed by atoms with Gasteiger partial charge in [0.05, 0.1) is 22.4 Å². The van der Waals surface area contributed by atoms with E-state index in [1.807, 2.05) is 0 Å². The smallest absolute Gasteiger partial charge is 0.271 e. The first-order valence-corrected chi connectivity index (χ1v) is 13.8. The van der Waals surface area contributed by atoms with Crippen LogP contribution in [0.1, 0.15) is 38.7 Å². The van der Waals surface area contributed by atoms with Crippen LogP contribution >= 0.6 is 0 Å². The lowest BCUT2D eigenvalue weighted by atomic mass is 10.1. The van der Waals surface area contributed by atoms with E-state index >= 15 is 0 Å². The van der Waals surface area contributed by atoms with Crippen molar-refractivity contribution in [3.8, 4) is 0 Å². The average molecular weight is 485 g/mol. The molecule has 32 heavy (non-hydrogen) atoms. The normalized spacial score (nSPS) is 21.0. The van der Waals surface area contributed by atoms with E-state index in [0.29, 0.717) is 24.3 Å². The summed E-state index contributed by atoms with van der Waals surface area (Å²) in [5, 5.41) is 7.98. The van der Waals surface area contributed by atoms with E-state index in [1.165, 1.54) is 16.4 Å². The Balaban J connectivity index is 1.84. The SMILES string of the molecule is CCN(CC)S(=O)(=O)c1ccc(C)c(NC(=O)C2=NN([C@@H]3CCS(=O)(=O)C3)C(=O)CC2)c1. The molecule has 0 unspecified atom stereocenters. The second kappa shape index (κ2) is 9.28. The first-order valence-electron chi connectivity index (χ1n) is 10.5. The van der Waals surface area contributed by atoms with Crippen molar-refractivity contribution in [2.45, 2.75) is 51.0 Å². The van der Waals surface area contributed by atoms with Crippen molar-refractivity contribution in [2.75, 3.05) is 29.9 Å². The molecular formula is C20H28N4O6S2. The van der Waals surface area contributed by atoms with Crippen LogP contribution in [-0.2, 0) is 29.4 Å². The Hall–Kier alpha value is -2.31. The van der Waals surface area contributed by atoms with Crippen molar-refractivity contribution in [1.29, 1.82) is 0 Å². The van der Waals surface area contributed by atoms with Gasteiger partial charge in [-0.05, 0) is 31.0 Å². The molecule has 1 fully saturated rings. The minimum atomic E-state index is -3.70. The van der Waals surface area contributed by atoms with Crippen LogP contribution in [0, 0.1) is 6.92 Å². The first kappa shape index (κ1) is 24.3. The van der Waals surface area contributed by atoms with Gasteiger partial charge in [0.25, 0.3) is 5.91 Å². The number of aryl methyl sites for hydroxylation is 1. The monoisotopic (exact) mass is 484 g/mol. The van der Waals surface area contributed by atoms with E-state index in [9.17, 15) is 26.4 Å². The third kappa shape index (κ3) is 5.02. The molecule has 1 atom stereocenters. The Bertz CT molecular complexity index is 1160. The van der Waals surface area contributed by atoms with Crippen molar-refractivity contribution in [2.24, 2.45) is 5.10 Å². The Morgan fingerprint density at radius 3 is 2.53 bits per heavy atom. The third-order valence-electron chi connectivity index (χ3n) is 5.68. The van der Waals surface area contributed by atoms with Gasteiger partial charge in [0.1, 0.15) is 5.71 Å². The highest BCUT2D eigenvalue weighted by Crippen LogP contribution is 2.25. The van der Waals surface area contributed by atoms with Gasteiger partial charge < -0.3 is 5.32 Å². The fraction of sp³-hybridized carbons (Fsp3) is 0.550. The van der Waals surface area contributed by atoms with Crippen LogP contribution in [0.2, 0.25) is 0 Å². The molecule has 3 rings (SSSR count). The number of carbonyl (C=O) groups excluding carboxylic acids is 2. The third-order valence-corrected chi connectivity index (χ3v) is 9.47. The number of nitrogens with zero attached hydrogens (tertiary/aromatic N) is 3. The van der Waals surface area contributed by atoms with Crippen molar-refractivity contribution in [3.05, 3.63) is 23.8 Å². The summed E-state index contributed by atoms with van der Waals surface area (Å²) in [7, 11) is -6.91. The maximum absolute atomic E-state index is 12.9. The molecule has 1 N–H and O–H groups in total. The van der Waals surface area contributed by atoms with E-state index in [4.69, 9.17) is 0 Å². The topological polar surface area (TPSA) is 133 Å². The summed E-state index contributed by atoms with van der Waals surface area (Å²) in [5.74, 6) is -1.04.